The summed E-state index contributed by atoms with van der Waals surface area (Å²) in [6.07, 6.45) is 3.68. The predicted octanol–water partition coefficient (Wildman–Crippen LogP) is 4.58. The first-order valence-electron chi connectivity index (χ1n) is 7.75. The lowest BCUT2D eigenvalue weighted by Gasteiger charge is -2.20. The Morgan fingerprint density at radius 1 is 1.13 bits per heavy atom. The Bertz CT molecular complexity index is 738. The highest BCUT2D eigenvalue weighted by Crippen LogP contribution is 2.30. The fourth-order valence-electron chi connectivity index (χ4n) is 2.58. The molecule has 2 aromatic rings. The molecule has 1 aliphatic rings. The van der Waals surface area contributed by atoms with Gasteiger partial charge in [-0.3, -0.25) is 0 Å². The predicted molar refractivity (Wildman–Crippen MR) is 96.4 cm³/mol. The fraction of sp³-hybridized carbons (Fsp3) is 0.211. The van der Waals surface area contributed by atoms with Crippen LogP contribution < -0.4 is 4.90 Å². The van der Waals surface area contributed by atoms with Gasteiger partial charge in [-0.15, -0.1) is 11.3 Å². The van der Waals surface area contributed by atoms with Crippen LogP contribution in [0.2, 0.25) is 0 Å². The first-order valence-corrected chi connectivity index (χ1v) is 8.63. The fourth-order valence-corrected chi connectivity index (χ4v) is 3.26. The van der Waals surface area contributed by atoms with Gasteiger partial charge in [0.25, 0.3) is 0 Å². The number of anilines is 1. The summed E-state index contributed by atoms with van der Waals surface area (Å²) in [4.78, 5) is 15.3. The Hall–Kier alpha value is -2.33. The molecule has 1 aliphatic heterocycles. The van der Waals surface area contributed by atoms with Gasteiger partial charge in [-0.25, -0.2) is 4.79 Å². The van der Waals surface area contributed by atoms with Crippen molar-refractivity contribution in [1.29, 1.82) is 0 Å². The van der Waals surface area contributed by atoms with Crippen molar-refractivity contribution in [3.05, 3.63) is 63.9 Å². The molecule has 0 saturated carbocycles. The Balaban J connectivity index is 1.82. The van der Waals surface area contributed by atoms with Gasteiger partial charge in [-0.1, -0.05) is 18.2 Å². The number of ether oxygens (including phenoxy) is 1. The van der Waals surface area contributed by atoms with Crippen LogP contribution in [0.25, 0.3) is 11.8 Å². The molecule has 118 valence electrons. The largest absolute Gasteiger partial charge is 0.421 e. The molecule has 0 fully saturated rings. The molecule has 1 aromatic heterocycles. The third-order valence-electron chi connectivity index (χ3n) is 3.83. The smallest absolute Gasteiger partial charge is 0.343 e. The first kappa shape index (κ1) is 15.6. The number of cyclic esters (lactones) is 1. The molecule has 3 nitrogen and oxygen atoms in total. The molecule has 0 N–H and O–H groups in total. The third kappa shape index (κ3) is 3.37. The van der Waals surface area contributed by atoms with Crippen LogP contribution in [0.1, 0.15) is 24.3 Å². The summed E-state index contributed by atoms with van der Waals surface area (Å²) in [5.74, 6) is 0.345. The number of nitrogens with zero attached hydrogens (tertiary/aromatic N) is 1. The maximum Gasteiger partial charge on any atom is 0.343 e. The zero-order chi connectivity index (χ0) is 16.2. The summed E-state index contributed by atoms with van der Waals surface area (Å²) in [5.41, 5.74) is 2.78. The van der Waals surface area contributed by atoms with Crippen molar-refractivity contribution in [2.75, 3.05) is 18.0 Å². The molecule has 0 saturated heterocycles. The van der Waals surface area contributed by atoms with Crippen molar-refractivity contribution < 1.29 is 9.53 Å². The monoisotopic (exact) mass is 325 g/mol. The second-order valence-electron chi connectivity index (χ2n) is 5.24. The number of carbonyl (C=O) groups excluding carboxylic acids is 1. The number of thiophene rings is 1. The van der Waals surface area contributed by atoms with Gasteiger partial charge in [-0.05, 0) is 55.1 Å². The number of hydrogen-bond acceptors (Lipinski definition) is 4. The van der Waals surface area contributed by atoms with Crippen molar-refractivity contribution >= 4 is 34.8 Å². The summed E-state index contributed by atoms with van der Waals surface area (Å²) in [7, 11) is 0. The Morgan fingerprint density at radius 3 is 2.48 bits per heavy atom. The van der Waals surface area contributed by atoms with E-state index in [0.717, 1.165) is 23.5 Å². The number of benzene rings is 1. The van der Waals surface area contributed by atoms with Crippen molar-refractivity contribution in [2.45, 2.75) is 13.8 Å². The molecule has 0 bridgehead atoms. The highest BCUT2D eigenvalue weighted by molar-refractivity contribution is 7.11. The van der Waals surface area contributed by atoms with Gasteiger partial charge in [-0.2, -0.15) is 0 Å². The Labute approximate surface area is 140 Å². The number of carbonyl (C=O) groups is 1. The highest BCUT2D eigenvalue weighted by Gasteiger charge is 2.22. The first-order chi connectivity index (χ1) is 11.2. The minimum atomic E-state index is -0.291. The van der Waals surface area contributed by atoms with Gasteiger partial charge >= 0.3 is 5.97 Å². The molecule has 0 spiro atoms. The summed E-state index contributed by atoms with van der Waals surface area (Å²) < 4.78 is 5.34. The molecule has 2 heterocycles. The molecule has 0 atom stereocenters. The van der Waals surface area contributed by atoms with Crippen LogP contribution in [0.15, 0.2) is 53.4 Å². The lowest BCUT2D eigenvalue weighted by Crippen LogP contribution is -2.21. The van der Waals surface area contributed by atoms with Gasteiger partial charge in [0.2, 0.25) is 0 Å². The SMILES string of the molecule is CCN(CC)c1ccc(/C=C2\C=C(c3cccs3)OC2=O)cc1. The van der Waals surface area contributed by atoms with Gasteiger partial charge < -0.3 is 9.64 Å². The average molecular weight is 325 g/mol. The van der Waals surface area contributed by atoms with Crippen molar-refractivity contribution in [3.8, 4) is 0 Å². The molecule has 23 heavy (non-hydrogen) atoms. The molecular formula is C19H19NO2S. The number of rotatable bonds is 5. The van der Waals surface area contributed by atoms with E-state index in [1.165, 1.54) is 5.69 Å². The van der Waals surface area contributed by atoms with Crippen LogP contribution in [-0.4, -0.2) is 19.1 Å². The van der Waals surface area contributed by atoms with Crippen LogP contribution >= 0.6 is 11.3 Å². The van der Waals surface area contributed by atoms with E-state index in [4.69, 9.17) is 4.74 Å². The Morgan fingerprint density at radius 2 is 1.87 bits per heavy atom. The molecule has 3 rings (SSSR count). The second-order valence-corrected chi connectivity index (χ2v) is 6.19. The zero-order valence-corrected chi connectivity index (χ0v) is 14.1. The standard InChI is InChI=1S/C19H19NO2S/c1-3-20(4-2)16-9-7-14(8-10-16)12-15-13-17(22-19(15)21)18-6-5-11-23-18/h5-13H,3-4H2,1-2H3/b15-12+. The van der Waals surface area contributed by atoms with Gasteiger partial charge in [0, 0.05) is 18.8 Å². The maximum absolute atomic E-state index is 12.0. The molecule has 0 aliphatic carbocycles. The molecule has 0 radical (unpaired) electrons. The van der Waals surface area contributed by atoms with Crippen molar-refractivity contribution in [1.82, 2.24) is 0 Å². The van der Waals surface area contributed by atoms with E-state index in [9.17, 15) is 4.79 Å². The molecule has 0 unspecified atom stereocenters. The summed E-state index contributed by atoms with van der Waals surface area (Å²) in [6, 6.07) is 12.1. The molecule has 0 amide bonds. The lowest BCUT2D eigenvalue weighted by atomic mass is 10.1. The molecular weight excluding hydrogens is 306 g/mol. The van der Waals surface area contributed by atoms with E-state index in [1.54, 1.807) is 11.3 Å². The van der Waals surface area contributed by atoms with Crippen LogP contribution in [-0.2, 0) is 9.53 Å². The quantitative estimate of drug-likeness (QED) is 0.595. The van der Waals surface area contributed by atoms with E-state index in [1.807, 2.05) is 41.8 Å². The van der Waals surface area contributed by atoms with E-state index in [2.05, 4.69) is 30.9 Å². The summed E-state index contributed by atoms with van der Waals surface area (Å²) in [5, 5.41) is 1.97. The van der Waals surface area contributed by atoms with E-state index >= 15 is 0 Å². The normalized spacial score (nSPS) is 15.7. The van der Waals surface area contributed by atoms with E-state index < -0.39 is 0 Å². The van der Waals surface area contributed by atoms with Crippen LogP contribution in [0.5, 0.6) is 0 Å². The summed E-state index contributed by atoms with van der Waals surface area (Å²) >= 11 is 1.56. The maximum atomic E-state index is 12.0. The average Bonchev–Trinajstić information content (AvgIpc) is 3.21. The van der Waals surface area contributed by atoms with Gasteiger partial charge in [0.05, 0.1) is 10.5 Å². The van der Waals surface area contributed by atoms with Crippen LogP contribution in [0.3, 0.4) is 0 Å². The summed E-state index contributed by atoms with van der Waals surface area (Å²) in [6.45, 7) is 6.25. The molecule has 1 aromatic carbocycles. The van der Waals surface area contributed by atoms with E-state index in [0.29, 0.717) is 11.3 Å². The van der Waals surface area contributed by atoms with Crippen molar-refractivity contribution in [2.24, 2.45) is 0 Å². The van der Waals surface area contributed by atoms with Gasteiger partial charge in [0.1, 0.15) is 5.76 Å². The second kappa shape index (κ2) is 6.84. The number of esters is 1. The van der Waals surface area contributed by atoms with Crippen LogP contribution in [0, 0.1) is 0 Å². The van der Waals surface area contributed by atoms with Crippen molar-refractivity contribution in [3.63, 3.8) is 0 Å². The molecule has 4 heteroatoms. The minimum Gasteiger partial charge on any atom is -0.421 e. The van der Waals surface area contributed by atoms with Crippen LogP contribution in [0.4, 0.5) is 5.69 Å². The highest BCUT2D eigenvalue weighted by atomic mass is 32.1. The zero-order valence-electron chi connectivity index (χ0n) is 13.3. The van der Waals surface area contributed by atoms with E-state index in [-0.39, 0.29) is 5.97 Å². The lowest BCUT2D eigenvalue weighted by molar-refractivity contribution is -0.130. The third-order valence-corrected chi connectivity index (χ3v) is 4.72. The Kier molecular flexibility index (Phi) is 4.63. The number of hydrogen-bond donors (Lipinski definition) is 0. The topological polar surface area (TPSA) is 29.5 Å². The minimum absolute atomic E-state index is 0.291. The van der Waals surface area contributed by atoms with Gasteiger partial charge in [0.15, 0.2) is 0 Å².